The fourth-order valence-corrected chi connectivity index (χ4v) is 5.23. The van der Waals surface area contributed by atoms with Crippen LogP contribution in [0.5, 0.6) is 0 Å². The molecule has 1 aromatic carbocycles. The molecule has 0 aliphatic carbocycles. The van der Waals surface area contributed by atoms with E-state index in [1.807, 2.05) is 27.7 Å². The minimum Gasteiger partial charge on any atom is -0.481 e. The van der Waals surface area contributed by atoms with Gasteiger partial charge in [0.05, 0.1) is 11.2 Å². The molecule has 2 fully saturated rings. The largest absolute Gasteiger partial charge is 0.481 e. The van der Waals surface area contributed by atoms with Gasteiger partial charge in [-0.2, -0.15) is 0 Å². The van der Waals surface area contributed by atoms with Crippen LogP contribution in [0, 0.1) is 6.92 Å². The molecule has 2 aliphatic rings. The number of benzene rings is 1. The summed E-state index contributed by atoms with van der Waals surface area (Å²) in [5.41, 5.74) is 2.65. The van der Waals surface area contributed by atoms with E-state index in [0.717, 1.165) is 66.2 Å². The molecule has 0 amide bonds. The van der Waals surface area contributed by atoms with Crippen LogP contribution in [0.25, 0.3) is 0 Å². The van der Waals surface area contributed by atoms with Gasteiger partial charge in [-0.05, 0) is 72.2 Å². The summed E-state index contributed by atoms with van der Waals surface area (Å²) in [6.07, 6.45) is 0. The molecule has 10 heteroatoms. The number of rotatable bonds is 6. The lowest BCUT2D eigenvalue weighted by Crippen LogP contribution is -2.55. The zero-order valence-electron chi connectivity index (χ0n) is 25.4. The summed E-state index contributed by atoms with van der Waals surface area (Å²) in [6, 6.07) is 7.75. The molecule has 0 bridgehead atoms. The number of carbonyl (C=O) groups is 2. The average molecular weight is 553 g/mol. The zero-order chi connectivity index (χ0) is 30.1. The van der Waals surface area contributed by atoms with E-state index in [-0.39, 0.29) is 0 Å². The van der Waals surface area contributed by atoms with Crippen LogP contribution < -0.4 is 9.80 Å². The Hall–Kier alpha value is -2.40. The summed E-state index contributed by atoms with van der Waals surface area (Å²) in [4.78, 5) is 27.8. The highest BCUT2D eigenvalue weighted by Gasteiger charge is 2.30. The number of aliphatic carboxylic acids is 2. The fraction of sp³-hybridized carbons (Fsp3) is 0.724. The predicted molar refractivity (Wildman–Crippen MR) is 157 cm³/mol. The molecular weight excluding hydrogens is 500 g/mol. The minimum atomic E-state index is -0.833. The number of carboxylic acids is 2. The summed E-state index contributed by atoms with van der Waals surface area (Å²) in [7, 11) is 0. The number of β-amino-alcohol motifs (C(OH)–C–C–N with tert-alkyl or cyclic N) is 2. The van der Waals surface area contributed by atoms with Crippen LogP contribution in [-0.2, 0) is 9.59 Å². The highest BCUT2D eigenvalue weighted by Crippen LogP contribution is 2.30. The van der Waals surface area contributed by atoms with Crippen LogP contribution in [0.3, 0.4) is 0 Å². The summed E-state index contributed by atoms with van der Waals surface area (Å²) >= 11 is 0. The van der Waals surface area contributed by atoms with Gasteiger partial charge in [0, 0.05) is 89.7 Å². The van der Waals surface area contributed by atoms with E-state index in [4.69, 9.17) is 19.8 Å². The maximum absolute atomic E-state index is 10.2. The van der Waals surface area contributed by atoms with Gasteiger partial charge in [-0.1, -0.05) is 0 Å². The van der Waals surface area contributed by atoms with Gasteiger partial charge in [0.25, 0.3) is 11.9 Å². The zero-order valence-corrected chi connectivity index (χ0v) is 25.4. The van der Waals surface area contributed by atoms with Crippen molar-refractivity contribution in [3.8, 4) is 0 Å². The van der Waals surface area contributed by atoms with Crippen LogP contribution in [0.1, 0.15) is 61.0 Å². The van der Waals surface area contributed by atoms with Crippen molar-refractivity contribution >= 4 is 23.3 Å². The molecule has 4 N–H and O–H groups in total. The van der Waals surface area contributed by atoms with Crippen LogP contribution in [0.2, 0.25) is 0 Å². The number of hydrogen-bond donors (Lipinski definition) is 4. The van der Waals surface area contributed by atoms with Gasteiger partial charge in [-0.3, -0.25) is 19.4 Å². The Morgan fingerprint density at radius 2 is 1.38 bits per heavy atom. The average Bonchev–Trinajstić information content (AvgIpc) is 2.72. The monoisotopic (exact) mass is 552 g/mol. The first kappa shape index (κ1) is 34.6. The summed E-state index contributed by atoms with van der Waals surface area (Å²) < 4.78 is 0. The predicted octanol–water partition coefficient (Wildman–Crippen LogP) is 2.74. The quantitative estimate of drug-likeness (QED) is 0.418. The van der Waals surface area contributed by atoms with Gasteiger partial charge >= 0.3 is 0 Å². The number of aliphatic hydroxyl groups is 2. The van der Waals surface area contributed by atoms with Crippen LogP contribution in [0.15, 0.2) is 18.2 Å². The van der Waals surface area contributed by atoms with Crippen LogP contribution in [0.4, 0.5) is 11.4 Å². The normalized spacial score (nSPS) is 20.9. The summed E-state index contributed by atoms with van der Waals surface area (Å²) in [5.74, 6) is -1.67. The number of anilines is 2. The molecule has 0 saturated carbocycles. The number of hydrogen-bond acceptors (Lipinski definition) is 8. The Morgan fingerprint density at radius 3 is 1.82 bits per heavy atom. The van der Waals surface area contributed by atoms with Crippen molar-refractivity contribution in [2.24, 2.45) is 0 Å². The fourth-order valence-electron chi connectivity index (χ4n) is 5.23. The first-order valence-electron chi connectivity index (χ1n) is 13.7. The second-order valence-electron chi connectivity index (χ2n) is 12.2. The molecule has 0 aromatic heterocycles. The third-order valence-corrected chi connectivity index (χ3v) is 6.53. The molecule has 0 spiro atoms. The molecule has 39 heavy (non-hydrogen) atoms. The lowest BCUT2D eigenvalue weighted by atomic mass is 10.0. The first-order chi connectivity index (χ1) is 17.8. The SMILES string of the molecule is CC(=O)O.CC(=O)O.Cc1cc(N2CCN(CC(C)(C)O)C[C@@H]2C)ccc1N1CCN(CC(C)(C)O)[C@H](C)C1. The molecule has 1 aromatic rings. The minimum absolute atomic E-state index is 0.420. The molecule has 2 heterocycles. The Labute approximate surface area is 234 Å². The molecule has 224 valence electrons. The first-order valence-corrected chi connectivity index (χ1v) is 13.7. The van der Waals surface area contributed by atoms with E-state index in [2.05, 4.69) is 58.6 Å². The number of piperazine rings is 2. The lowest BCUT2D eigenvalue weighted by Gasteiger charge is -2.44. The van der Waals surface area contributed by atoms with Crippen molar-refractivity contribution in [1.29, 1.82) is 0 Å². The maximum Gasteiger partial charge on any atom is 0.300 e. The van der Waals surface area contributed by atoms with E-state index >= 15 is 0 Å². The Bertz CT molecular complexity index is 907. The second kappa shape index (κ2) is 14.8. The Balaban J connectivity index is 0.000000838. The van der Waals surface area contributed by atoms with Gasteiger partial charge in [-0.15, -0.1) is 0 Å². The third kappa shape index (κ3) is 13.5. The topological polar surface area (TPSA) is 128 Å². The molecule has 10 nitrogen and oxygen atoms in total. The molecule has 0 radical (unpaired) electrons. The van der Waals surface area contributed by atoms with Gasteiger partial charge in [-0.25, -0.2) is 0 Å². The van der Waals surface area contributed by atoms with Crippen LogP contribution in [-0.4, -0.2) is 118 Å². The lowest BCUT2D eigenvalue weighted by molar-refractivity contribution is -0.135. The van der Waals surface area contributed by atoms with Crippen molar-refractivity contribution < 1.29 is 30.0 Å². The second-order valence-corrected chi connectivity index (χ2v) is 12.2. The Kier molecular flexibility index (Phi) is 13.2. The molecule has 2 saturated heterocycles. The summed E-state index contributed by atoms with van der Waals surface area (Å²) in [5, 5.41) is 35.2. The van der Waals surface area contributed by atoms with Gasteiger partial charge in [0.2, 0.25) is 0 Å². The van der Waals surface area contributed by atoms with Crippen molar-refractivity contribution in [2.45, 2.75) is 85.6 Å². The molecule has 2 aliphatic heterocycles. The van der Waals surface area contributed by atoms with Crippen LogP contribution >= 0.6 is 0 Å². The van der Waals surface area contributed by atoms with E-state index in [9.17, 15) is 10.2 Å². The van der Waals surface area contributed by atoms with Crippen molar-refractivity contribution in [3.05, 3.63) is 23.8 Å². The molecule has 0 unspecified atom stereocenters. The molecule has 3 rings (SSSR count). The third-order valence-electron chi connectivity index (χ3n) is 6.53. The van der Waals surface area contributed by atoms with Gasteiger partial charge in [0.15, 0.2) is 0 Å². The standard InChI is InChI=1S/C25H44N4O2.2C2H4O2/c1-19-14-22(29-13-10-26(15-21(29)3)17-24(4,5)30)8-9-23(19)27-11-12-28(20(2)16-27)18-25(6,7)31;2*1-2(3)4/h8-9,14,20-21,30-31H,10-13,15-18H2,1-7H3;2*1H3,(H,3,4)/t20-,21+;;/m1../s1. The van der Waals surface area contributed by atoms with Crippen molar-refractivity contribution in [3.63, 3.8) is 0 Å². The van der Waals surface area contributed by atoms with E-state index in [1.54, 1.807) is 0 Å². The van der Waals surface area contributed by atoms with Crippen molar-refractivity contribution in [1.82, 2.24) is 9.80 Å². The van der Waals surface area contributed by atoms with E-state index in [0.29, 0.717) is 12.1 Å². The van der Waals surface area contributed by atoms with E-state index in [1.165, 1.54) is 16.9 Å². The van der Waals surface area contributed by atoms with E-state index < -0.39 is 23.1 Å². The van der Waals surface area contributed by atoms with Gasteiger partial charge in [0.1, 0.15) is 0 Å². The van der Waals surface area contributed by atoms with Crippen molar-refractivity contribution in [2.75, 3.05) is 62.2 Å². The Morgan fingerprint density at radius 1 is 0.846 bits per heavy atom. The number of aryl methyl sites for hydroxylation is 1. The van der Waals surface area contributed by atoms with Gasteiger partial charge < -0.3 is 30.2 Å². The molecular formula is C29H52N4O6. The molecule has 2 atom stereocenters. The number of nitrogens with zero attached hydrogens (tertiary/aromatic N) is 4. The highest BCUT2D eigenvalue weighted by molar-refractivity contribution is 5.63. The highest BCUT2D eigenvalue weighted by atomic mass is 16.4. The smallest absolute Gasteiger partial charge is 0.300 e. The summed E-state index contributed by atoms with van der Waals surface area (Å²) in [6.45, 7) is 23.8. The number of carboxylic acid groups (broad SMARTS) is 2. The maximum atomic E-state index is 10.2.